The van der Waals surface area contributed by atoms with Gasteiger partial charge in [0.15, 0.2) is 0 Å². The average Bonchev–Trinajstić information content (AvgIpc) is 1.79. The van der Waals surface area contributed by atoms with E-state index in [1.54, 1.807) is 13.0 Å². The van der Waals surface area contributed by atoms with Crippen LogP contribution in [0.25, 0.3) is 0 Å². The van der Waals surface area contributed by atoms with Crippen LogP contribution in [0.4, 0.5) is 0 Å². The lowest BCUT2D eigenvalue weighted by molar-refractivity contribution is 0.378. The smallest absolute Gasteiger partial charge is 0.386 e. The highest BCUT2D eigenvalue weighted by Gasteiger charge is 1.85. The maximum atomic E-state index is 8.74. The van der Waals surface area contributed by atoms with Gasteiger partial charge >= 0.3 is 20.8 Å². The Balaban J connectivity index is -0.000000144. The number of hydrogen-bond acceptors (Lipinski definition) is 6. The van der Waals surface area contributed by atoms with E-state index in [2.05, 4.69) is 0 Å². The molecule has 0 radical (unpaired) electrons. The van der Waals surface area contributed by atoms with Crippen LogP contribution in [0, 0.1) is 0 Å². The predicted molar refractivity (Wildman–Crippen MR) is 50.5 cm³/mol. The fourth-order valence-corrected chi connectivity index (χ4v) is 0. The van der Waals surface area contributed by atoms with E-state index < -0.39 is 20.8 Å². The third kappa shape index (κ3) is 1380. The van der Waals surface area contributed by atoms with E-state index in [1.807, 2.05) is 0 Å². The van der Waals surface area contributed by atoms with E-state index in [4.69, 9.17) is 46.5 Å². The second kappa shape index (κ2) is 8.39. The zero-order chi connectivity index (χ0) is 13.3. The first-order valence-corrected chi connectivity index (χ1v) is 5.63. The second-order valence-electron chi connectivity index (χ2n) is 1.68. The van der Waals surface area contributed by atoms with Crippen LogP contribution < -0.4 is 11.5 Å². The summed E-state index contributed by atoms with van der Waals surface area (Å²) in [6.45, 7) is 1.79. The first kappa shape index (κ1) is 19.6. The van der Waals surface area contributed by atoms with Crippen molar-refractivity contribution in [2.75, 3.05) is 0 Å². The van der Waals surface area contributed by atoms with E-state index >= 15 is 0 Å². The highest BCUT2D eigenvalue weighted by Crippen LogP contribution is 1.60. The number of nitrogens with two attached hydrogens (primary N) is 2. The van der Waals surface area contributed by atoms with E-state index in [9.17, 15) is 0 Å². The maximum Gasteiger partial charge on any atom is 0.394 e. The molecule has 0 saturated heterocycles. The number of allylic oxidation sites excluding steroid dienone is 1. The van der Waals surface area contributed by atoms with Gasteiger partial charge in [-0.3, -0.25) is 18.2 Å². The molecule has 0 amide bonds. The highest BCUT2D eigenvalue weighted by molar-refractivity contribution is 7.80. The quantitative estimate of drug-likeness (QED) is 0.279. The zero-order valence-corrected chi connectivity index (χ0v) is 9.10. The second-order valence-corrected chi connectivity index (χ2v) is 3.48. The molecule has 0 aromatic carbocycles. The van der Waals surface area contributed by atoms with Crippen molar-refractivity contribution in [1.29, 1.82) is 0 Å². The molecule has 0 bridgehead atoms. The first-order valence-electron chi connectivity index (χ1n) is 2.84. The largest absolute Gasteiger partial charge is 0.394 e. The van der Waals surface area contributed by atoms with Gasteiger partial charge in [-0.05, 0) is 13.0 Å². The molecule has 0 heterocycles. The summed E-state index contributed by atoms with van der Waals surface area (Å²) in [5, 5.41) is 0. The number of hydrogen-bond donors (Lipinski definition) is 6. The molecule has 0 saturated carbocycles. The summed E-state index contributed by atoms with van der Waals surface area (Å²) in [6, 6.07) is 0. The van der Waals surface area contributed by atoms with Crippen molar-refractivity contribution >= 4 is 20.8 Å². The Kier molecular flexibility index (Phi) is 11.0. The van der Waals surface area contributed by atoms with Crippen molar-refractivity contribution in [3.63, 3.8) is 0 Å². The van der Waals surface area contributed by atoms with Gasteiger partial charge in [-0.1, -0.05) is 0 Å². The van der Waals surface area contributed by atoms with Crippen LogP contribution in [0.3, 0.4) is 0 Å². The Bertz CT molecular complexity index is 317. The molecule has 10 nitrogen and oxygen atoms in total. The van der Waals surface area contributed by atoms with Crippen molar-refractivity contribution < 1.29 is 35.0 Å². The van der Waals surface area contributed by atoms with Crippen LogP contribution >= 0.6 is 0 Å². The van der Waals surface area contributed by atoms with Gasteiger partial charge in [0.2, 0.25) is 0 Å². The Hall–Kier alpha value is -0.920. The summed E-state index contributed by atoms with van der Waals surface area (Å²) in [4.78, 5) is 0. The molecular weight excluding hydrogens is 256 g/mol. The molecule has 15 heavy (non-hydrogen) atoms. The van der Waals surface area contributed by atoms with Crippen LogP contribution in [-0.2, 0) is 20.8 Å². The summed E-state index contributed by atoms with van der Waals surface area (Å²) in [5.41, 5.74) is 9.86. The van der Waals surface area contributed by atoms with Crippen LogP contribution in [0.2, 0.25) is 0 Å². The minimum Gasteiger partial charge on any atom is -0.386 e. The topological polar surface area (TPSA) is 201 Å². The molecule has 0 aliphatic rings. The Morgan fingerprint density at radius 1 is 0.933 bits per heavy atom. The Morgan fingerprint density at radius 2 is 1.00 bits per heavy atom. The van der Waals surface area contributed by atoms with Gasteiger partial charge in [-0.2, -0.15) is 16.8 Å². The molecule has 0 fully saturated rings. The predicted octanol–water partition coefficient (Wildman–Crippen LogP) is -1.54. The maximum absolute atomic E-state index is 8.74. The lowest BCUT2D eigenvalue weighted by atomic mass is 10.6. The zero-order valence-electron chi connectivity index (χ0n) is 7.47. The summed E-state index contributed by atoms with van der Waals surface area (Å²) < 4.78 is 63.2. The molecule has 94 valence electrons. The summed E-state index contributed by atoms with van der Waals surface area (Å²) in [5.74, 6) is 0.380. The SMILES string of the molecule is CC=C(N)N.O=S(=O)(O)O.O=S(=O)(O)O. The fourth-order valence-electron chi connectivity index (χ4n) is 0. The van der Waals surface area contributed by atoms with Gasteiger partial charge in [0.05, 0.1) is 5.82 Å². The molecular formula is C3H12N2O8S2. The van der Waals surface area contributed by atoms with Gasteiger partial charge in [0, 0.05) is 0 Å². The molecule has 0 atom stereocenters. The normalized spacial score (nSPS) is 9.93. The molecule has 0 aliphatic carbocycles. The van der Waals surface area contributed by atoms with Crippen molar-refractivity contribution in [2.45, 2.75) is 6.92 Å². The standard InChI is InChI=1S/C3H8N2.2H2O4S/c1-2-3(4)5;2*1-5(2,3)4/h2H,4-5H2,1H3;2*(H2,1,2,3,4). The van der Waals surface area contributed by atoms with Crippen molar-refractivity contribution in [3.8, 4) is 0 Å². The van der Waals surface area contributed by atoms with E-state index in [-0.39, 0.29) is 0 Å². The highest BCUT2D eigenvalue weighted by atomic mass is 32.3. The molecule has 0 aromatic rings. The summed E-state index contributed by atoms with van der Waals surface area (Å²) >= 11 is 0. The summed E-state index contributed by atoms with van der Waals surface area (Å²) in [7, 11) is -9.33. The lowest BCUT2D eigenvalue weighted by Crippen LogP contribution is -2.06. The van der Waals surface area contributed by atoms with Crippen LogP contribution in [0.1, 0.15) is 6.92 Å². The third-order valence-electron chi connectivity index (χ3n) is 0.333. The molecule has 0 aromatic heterocycles. The van der Waals surface area contributed by atoms with Gasteiger partial charge in [0.1, 0.15) is 0 Å². The van der Waals surface area contributed by atoms with E-state index in [0.717, 1.165) is 0 Å². The molecule has 12 heteroatoms. The van der Waals surface area contributed by atoms with Crippen LogP contribution in [-0.4, -0.2) is 35.0 Å². The van der Waals surface area contributed by atoms with Crippen molar-refractivity contribution in [2.24, 2.45) is 11.5 Å². The minimum atomic E-state index is -4.67. The molecule has 0 rings (SSSR count). The van der Waals surface area contributed by atoms with Gasteiger partial charge in [-0.25, -0.2) is 0 Å². The van der Waals surface area contributed by atoms with Crippen LogP contribution in [0.15, 0.2) is 11.9 Å². The number of rotatable bonds is 0. The molecule has 0 aliphatic heterocycles. The Morgan fingerprint density at radius 3 is 1.00 bits per heavy atom. The molecule has 0 unspecified atom stereocenters. The van der Waals surface area contributed by atoms with Crippen molar-refractivity contribution in [1.82, 2.24) is 0 Å². The molecule has 8 N–H and O–H groups in total. The Labute approximate surface area is 86.7 Å². The third-order valence-corrected chi connectivity index (χ3v) is 0.333. The van der Waals surface area contributed by atoms with Crippen LogP contribution in [0.5, 0.6) is 0 Å². The van der Waals surface area contributed by atoms with Gasteiger partial charge < -0.3 is 11.5 Å². The minimum absolute atomic E-state index is 0.380. The lowest BCUT2D eigenvalue weighted by Gasteiger charge is -1.78. The molecule has 0 spiro atoms. The average molecular weight is 268 g/mol. The van der Waals surface area contributed by atoms with Gasteiger partial charge in [-0.15, -0.1) is 0 Å². The monoisotopic (exact) mass is 268 g/mol. The first-order chi connectivity index (χ1) is 6.27. The van der Waals surface area contributed by atoms with Gasteiger partial charge in [0.25, 0.3) is 0 Å². The fraction of sp³-hybridized carbons (Fsp3) is 0.333. The summed E-state index contributed by atoms with van der Waals surface area (Å²) in [6.07, 6.45) is 1.64. The van der Waals surface area contributed by atoms with Crippen molar-refractivity contribution in [3.05, 3.63) is 11.9 Å². The van der Waals surface area contributed by atoms with E-state index in [1.165, 1.54) is 0 Å². The van der Waals surface area contributed by atoms with E-state index in [0.29, 0.717) is 5.82 Å².